The molecule has 0 bridgehead atoms. The minimum atomic E-state index is -0.486. The van der Waals surface area contributed by atoms with Crippen molar-refractivity contribution >= 4 is 46.2 Å². The summed E-state index contributed by atoms with van der Waals surface area (Å²) < 4.78 is 0. The number of oxime groups is 2. The van der Waals surface area contributed by atoms with Crippen molar-refractivity contribution < 1.29 is 24.1 Å². The molecule has 0 unspecified atom stereocenters. The number of benzene rings is 4. The average Bonchev–Trinajstić information content (AvgIpc) is 3.07. The maximum atomic E-state index is 13.3. The van der Waals surface area contributed by atoms with Gasteiger partial charge >= 0.3 is 11.9 Å². The Kier molecular flexibility index (Phi) is 11.7. The van der Waals surface area contributed by atoms with E-state index in [-0.39, 0.29) is 5.78 Å². The predicted octanol–water partition coefficient (Wildman–Crippen LogP) is 8.69. The summed E-state index contributed by atoms with van der Waals surface area (Å²) in [5.41, 5.74) is 7.81. The molecule has 0 aromatic heterocycles. The van der Waals surface area contributed by atoms with Crippen molar-refractivity contribution in [3.8, 4) is 0 Å². The van der Waals surface area contributed by atoms with E-state index in [0.717, 1.165) is 41.0 Å². The summed E-state index contributed by atoms with van der Waals surface area (Å²) in [7, 11) is 0. The second kappa shape index (κ2) is 16.1. The van der Waals surface area contributed by atoms with Gasteiger partial charge in [-0.3, -0.25) is 4.79 Å². The lowest BCUT2D eigenvalue weighted by Gasteiger charge is -2.26. The fourth-order valence-corrected chi connectivity index (χ4v) is 4.85. The Morgan fingerprint density at radius 2 is 0.913 bits per heavy atom. The van der Waals surface area contributed by atoms with Crippen LogP contribution in [0.4, 0.5) is 17.1 Å². The number of carbonyl (C=O) groups is 3. The molecule has 0 aliphatic heterocycles. The molecule has 0 saturated heterocycles. The first-order valence-corrected chi connectivity index (χ1v) is 15.3. The van der Waals surface area contributed by atoms with E-state index in [4.69, 9.17) is 9.68 Å². The highest BCUT2D eigenvalue weighted by molar-refractivity contribution is 6.09. The zero-order valence-corrected chi connectivity index (χ0v) is 26.9. The van der Waals surface area contributed by atoms with Crippen LogP contribution in [0.3, 0.4) is 0 Å². The Labute approximate surface area is 270 Å². The molecule has 0 amide bonds. The number of unbranched alkanes of at least 4 members (excludes halogenated alkanes) is 2. The van der Waals surface area contributed by atoms with Crippen molar-refractivity contribution in [1.29, 1.82) is 0 Å². The molecule has 8 nitrogen and oxygen atoms in total. The first-order chi connectivity index (χ1) is 22.2. The lowest BCUT2D eigenvalue weighted by Crippen LogP contribution is -2.11. The quantitative estimate of drug-likeness (QED) is 0.0489. The number of anilines is 3. The third-order valence-corrected chi connectivity index (χ3v) is 7.38. The van der Waals surface area contributed by atoms with Gasteiger partial charge in [0, 0.05) is 42.0 Å². The molecule has 0 spiro atoms. The summed E-state index contributed by atoms with van der Waals surface area (Å²) >= 11 is 0. The predicted molar refractivity (Wildman–Crippen MR) is 182 cm³/mol. The van der Waals surface area contributed by atoms with E-state index in [1.165, 1.54) is 32.3 Å². The van der Waals surface area contributed by atoms with Crippen LogP contribution < -0.4 is 4.90 Å². The van der Waals surface area contributed by atoms with Crippen molar-refractivity contribution in [3.05, 3.63) is 125 Å². The number of carbonyl (C=O) groups excluding carboxylic acids is 3. The van der Waals surface area contributed by atoms with Gasteiger partial charge < -0.3 is 14.6 Å². The van der Waals surface area contributed by atoms with Gasteiger partial charge in [-0.25, -0.2) is 9.59 Å². The zero-order valence-electron chi connectivity index (χ0n) is 26.9. The highest BCUT2D eigenvalue weighted by Gasteiger charge is 2.16. The molecule has 4 rings (SSSR count). The molecule has 236 valence electrons. The Morgan fingerprint density at radius 3 is 1.28 bits per heavy atom. The number of ketones is 1. The van der Waals surface area contributed by atoms with Crippen LogP contribution in [0, 0.1) is 0 Å². The van der Waals surface area contributed by atoms with Crippen molar-refractivity contribution in [2.24, 2.45) is 10.3 Å². The fraction of sp³-hybridized carbons (Fsp3) is 0.237. The van der Waals surface area contributed by atoms with Gasteiger partial charge in [-0.2, -0.15) is 0 Å². The van der Waals surface area contributed by atoms with E-state index in [0.29, 0.717) is 22.6 Å². The number of rotatable bonds is 13. The number of nitrogens with zero attached hydrogens (tertiary/aromatic N) is 3. The molecule has 0 aliphatic carbocycles. The Balaban J connectivity index is 1.64. The molecule has 0 saturated carbocycles. The SMILES string of the molecule is CCCCCc1ccc(C(=O)c2ccc(N(c3ccc(C(C)=NOC(C)=O)cc3)c3ccc(/C(C)=N/OC(C)=O)cc3)cc2)cc1. The number of aryl methyl sites for hydroxylation is 1. The van der Waals surface area contributed by atoms with Crippen molar-refractivity contribution in [1.82, 2.24) is 0 Å². The minimum absolute atomic E-state index is 0.0306. The molecule has 0 aliphatic rings. The van der Waals surface area contributed by atoms with Crippen LogP contribution in [-0.4, -0.2) is 29.1 Å². The van der Waals surface area contributed by atoms with Crippen molar-refractivity contribution in [2.45, 2.75) is 60.3 Å². The summed E-state index contributed by atoms with van der Waals surface area (Å²) in [6, 6.07) is 30.8. The van der Waals surface area contributed by atoms with Gasteiger partial charge in [-0.15, -0.1) is 0 Å². The summed E-state index contributed by atoms with van der Waals surface area (Å²) in [6.07, 6.45) is 4.55. The van der Waals surface area contributed by atoms with E-state index in [2.05, 4.69) is 22.1 Å². The summed E-state index contributed by atoms with van der Waals surface area (Å²) in [5.74, 6) is -1.00. The fourth-order valence-electron chi connectivity index (χ4n) is 4.85. The Morgan fingerprint density at radius 1 is 0.543 bits per heavy atom. The summed E-state index contributed by atoms with van der Waals surface area (Å²) in [5, 5.41) is 7.78. The van der Waals surface area contributed by atoms with Gasteiger partial charge in [0.05, 0.1) is 11.4 Å². The lowest BCUT2D eigenvalue weighted by atomic mass is 9.99. The molecule has 4 aromatic carbocycles. The summed E-state index contributed by atoms with van der Waals surface area (Å²) in [6.45, 7) is 8.33. The maximum Gasteiger partial charge on any atom is 0.331 e. The molecular formula is C38H39N3O5. The molecular weight excluding hydrogens is 578 g/mol. The minimum Gasteiger partial charge on any atom is -0.318 e. The standard InChI is InChI=1S/C38H39N3O5/c1-6-7-8-9-30-10-12-33(13-11-30)38(44)34-18-24-37(25-19-34)41(35-20-14-31(15-21-35)26(2)39-45-28(4)42)36-22-16-32(17-23-36)27(3)40-46-29(5)43/h10-25H,6-9H2,1-5H3/b39-26+,40-27?. The average molecular weight is 618 g/mol. The first kappa shape index (κ1) is 33.5. The van der Waals surface area contributed by atoms with Crippen molar-refractivity contribution in [2.75, 3.05) is 4.90 Å². The molecule has 0 atom stereocenters. The van der Waals surface area contributed by atoms with Gasteiger partial charge in [0.2, 0.25) is 0 Å². The van der Waals surface area contributed by atoms with Crippen LogP contribution in [0.5, 0.6) is 0 Å². The smallest absolute Gasteiger partial charge is 0.318 e. The Bertz CT molecular complexity index is 1630. The van der Waals surface area contributed by atoms with Crippen molar-refractivity contribution in [3.63, 3.8) is 0 Å². The first-order valence-electron chi connectivity index (χ1n) is 15.3. The zero-order chi connectivity index (χ0) is 33.1. The third-order valence-electron chi connectivity index (χ3n) is 7.38. The largest absolute Gasteiger partial charge is 0.331 e. The van der Waals surface area contributed by atoms with E-state index in [9.17, 15) is 14.4 Å². The van der Waals surface area contributed by atoms with E-state index < -0.39 is 11.9 Å². The number of hydrogen-bond donors (Lipinski definition) is 0. The van der Waals surface area contributed by atoms with Crippen LogP contribution in [0.1, 0.15) is 86.5 Å². The van der Waals surface area contributed by atoms with Crippen LogP contribution >= 0.6 is 0 Å². The van der Waals surface area contributed by atoms with E-state index >= 15 is 0 Å². The molecule has 0 heterocycles. The van der Waals surface area contributed by atoms with Gasteiger partial charge in [-0.1, -0.05) is 78.6 Å². The second-order valence-electron chi connectivity index (χ2n) is 11.0. The van der Waals surface area contributed by atoms with E-state index in [1.807, 2.05) is 97.1 Å². The van der Waals surface area contributed by atoms with Crippen LogP contribution in [-0.2, 0) is 25.7 Å². The van der Waals surface area contributed by atoms with E-state index in [1.54, 1.807) is 13.8 Å². The molecule has 0 fully saturated rings. The lowest BCUT2D eigenvalue weighted by molar-refractivity contribution is -0.141. The Hall–Kier alpha value is -5.37. The van der Waals surface area contributed by atoms with Gasteiger partial charge in [0.1, 0.15) is 0 Å². The second-order valence-corrected chi connectivity index (χ2v) is 11.0. The topological polar surface area (TPSA) is 97.6 Å². The molecule has 0 radical (unpaired) electrons. The monoisotopic (exact) mass is 617 g/mol. The molecule has 46 heavy (non-hydrogen) atoms. The van der Waals surface area contributed by atoms with Gasteiger partial charge in [0.15, 0.2) is 5.78 Å². The van der Waals surface area contributed by atoms with Crippen LogP contribution in [0.15, 0.2) is 107 Å². The molecule has 0 N–H and O–H groups in total. The maximum absolute atomic E-state index is 13.3. The highest BCUT2D eigenvalue weighted by atomic mass is 16.7. The highest BCUT2D eigenvalue weighted by Crippen LogP contribution is 2.35. The van der Waals surface area contributed by atoms with Crippen LogP contribution in [0.2, 0.25) is 0 Å². The normalized spacial score (nSPS) is 11.6. The van der Waals surface area contributed by atoms with Gasteiger partial charge in [0.25, 0.3) is 0 Å². The van der Waals surface area contributed by atoms with Crippen LogP contribution in [0.25, 0.3) is 0 Å². The third kappa shape index (κ3) is 9.08. The molecule has 4 aromatic rings. The number of hydrogen-bond acceptors (Lipinski definition) is 8. The summed E-state index contributed by atoms with van der Waals surface area (Å²) in [4.78, 5) is 47.4. The van der Waals surface area contributed by atoms with Gasteiger partial charge in [-0.05, 0) is 91.9 Å². The molecule has 8 heteroatoms.